The molecule has 21 heavy (non-hydrogen) atoms. The predicted octanol–water partition coefficient (Wildman–Crippen LogP) is 3.27. The Kier molecular flexibility index (Phi) is 3.84. The molecule has 1 aliphatic rings. The number of methoxy groups -OCH3 is 1. The lowest BCUT2D eigenvalue weighted by molar-refractivity contribution is 0.276. The van der Waals surface area contributed by atoms with Gasteiger partial charge in [0.1, 0.15) is 5.75 Å². The molecule has 0 radical (unpaired) electrons. The minimum Gasteiger partial charge on any atom is -0.497 e. The number of rotatable bonds is 2. The van der Waals surface area contributed by atoms with Gasteiger partial charge in [-0.1, -0.05) is 6.07 Å². The highest BCUT2D eigenvalue weighted by atomic mass is 32.1. The van der Waals surface area contributed by atoms with Gasteiger partial charge in [-0.25, -0.2) is 0 Å². The van der Waals surface area contributed by atoms with Crippen LogP contribution in [0.1, 0.15) is 18.7 Å². The Balaban J connectivity index is 1.74. The van der Waals surface area contributed by atoms with E-state index in [1.54, 1.807) is 7.11 Å². The molecule has 2 heterocycles. The number of ether oxygens (including phenoxy) is 1. The van der Waals surface area contributed by atoms with Gasteiger partial charge in [0, 0.05) is 36.7 Å². The first-order chi connectivity index (χ1) is 10.2. The topological polar surface area (TPSA) is 29.4 Å². The van der Waals surface area contributed by atoms with E-state index in [1.165, 1.54) is 5.69 Å². The lowest BCUT2D eigenvalue weighted by Gasteiger charge is -2.36. The molecule has 0 bridgehead atoms. The van der Waals surface area contributed by atoms with E-state index in [9.17, 15) is 0 Å². The number of hydrogen-bond donors (Lipinski definition) is 1. The summed E-state index contributed by atoms with van der Waals surface area (Å²) < 4.78 is 7.53. The second kappa shape index (κ2) is 5.77. The minimum atomic E-state index is 0.277. The average molecular weight is 301 g/mol. The van der Waals surface area contributed by atoms with Crippen LogP contribution in [0, 0.1) is 0 Å². The number of aromatic nitrogens is 1. The molecule has 1 N–H and O–H groups in total. The van der Waals surface area contributed by atoms with Crippen LogP contribution in [0.5, 0.6) is 5.75 Å². The normalized spacial score (nSPS) is 17.2. The summed E-state index contributed by atoms with van der Waals surface area (Å²) in [6.45, 7) is 4.07. The Morgan fingerprint density at radius 2 is 2.14 bits per heavy atom. The molecule has 1 aliphatic heterocycles. The van der Waals surface area contributed by atoms with Crippen molar-refractivity contribution >= 4 is 23.0 Å². The third-order valence-electron chi connectivity index (χ3n) is 3.92. The lowest BCUT2D eigenvalue weighted by Crippen LogP contribution is -2.42. The highest BCUT2D eigenvalue weighted by Gasteiger charge is 2.25. The van der Waals surface area contributed by atoms with Crippen LogP contribution < -0.4 is 10.1 Å². The molecule has 0 fully saturated rings. The monoisotopic (exact) mass is 301 g/mol. The Hall–Kier alpha value is -2.01. The van der Waals surface area contributed by atoms with Crippen molar-refractivity contribution in [3.63, 3.8) is 0 Å². The molecule has 1 aromatic heterocycles. The number of nitrogens with zero attached hydrogens (tertiary/aromatic N) is 2. The van der Waals surface area contributed by atoms with Crippen molar-refractivity contribution in [2.75, 3.05) is 19.0 Å². The second-order valence-corrected chi connectivity index (χ2v) is 5.54. The number of benzene rings is 1. The molecule has 2 aromatic rings. The van der Waals surface area contributed by atoms with Gasteiger partial charge in [0.05, 0.1) is 13.2 Å². The first-order valence-electron chi connectivity index (χ1n) is 7.06. The summed E-state index contributed by atoms with van der Waals surface area (Å²) in [6.07, 6.45) is 2.13. The van der Waals surface area contributed by atoms with Crippen LogP contribution in [0.3, 0.4) is 0 Å². The van der Waals surface area contributed by atoms with E-state index in [-0.39, 0.29) is 6.04 Å². The van der Waals surface area contributed by atoms with Gasteiger partial charge in [0.2, 0.25) is 0 Å². The van der Waals surface area contributed by atoms with Crippen LogP contribution in [-0.2, 0) is 6.54 Å². The molecule has 3 rings (SSSR count). The summed E-state index contributed by atoms with van der Waals surface area (Å²) in [7, 11) is 1.66. The molecular weight excluding hydrogens is 282 g/mol. The number of fused-ring (bicyclic) bond motifs is 1. The van der Waals surface area contributed by atoms with Crippen molar-refractivity contribution in [3.8, 4) is 5.75 Å². The zero-order valence-corrected chi connectivity index (χ0v) is 13.1. The Morgan fingerprint density at radius 3 is 2.95 bits per heavy atom. The fourth-order valence-electron chi connectivity index (χ4n) is 2.75. The number of hydrogen-bond acceptors (Lipinski definition) is 2. The Bertz CT molecular complexity index is 652. The van der Waals surface area contributed by atoms with E-state index >= 15 is 0 Å². The van der Waals surface area contributed by atoms with E-state index in [1.807, 2.05) is 24.3 Å². The number of nitrogens with one attached hydrogen (secondary N) is 1. The third-order valence-corrected chi connectivity index (χ3v) is 4.26. The van der Waals surface area contributed by atoms with Gasteiger partial charge in [-0.3, -0.25) is 0 Å². The van der Waals surface area contributed by atoms with E-state index in [4.69, 9.17) is 17.0 Å². The Labute approximate surface area is 130 Å². The van der Waals surface area contributed by atoms with Crippen molar-refractivity contribution in [3.05, 3.63) is 48.3 Å². The summed E-state index contributed by atoms with van der Waals surface area (Å²) in [6, 6.07) is 12.3. The maximum atomic E-state index is 5.58. The molecule has 1 atom stereocenters. The first kappa shape index (κ1) is 13.9. The summed E-state index contributed by atoms with van der Waals surface area (Å²) in [5.41, 5.74) is 2.25. The van der Waals surface area contributed by atoms with Crippen molar-refractivity contribution < 1.29 is 4.74 Å². The smallest absolute Gasteiger partial charge is 0.174 e. The molecule has 0 aliphatic carbocycles. The van der Waals surface area contributed by atoms with Crippen molar-refractivity contribution in [2.24, 2.45) is 0 Å². The highest BCUT2D eigenvalue weighted by molar-refractivity contribution is 7.80. The number of thiocarbonyl (C=S) groups is 1. The molecule has 1 aromatic carbocycles. The van der Waals surface area contributed by atoms with Crippen molar-refractivity contribution in [1.82, 2.24) is 9.47 Å². The molecule has 0 saturated carbocycles. The summed E-state index contributed by atoms with van der Waals surface area (Å²) in [5.74, 6) is 0.823. The van der Waals surface area contributed by atoms with Gasteiger partial charge < -0.3 is 19.5 Å². The lowest BCUT2D eigenvalue weighted by atomic mass is 10.1. The van der Waals surface area contributed by atoms with Gasteiger partial charge in [0.15, 0.2) is 5.11 Å². The fourth-order valence-corrected chi connectivity index (χ4v) is 3.12. The van der Waals surface area contributed by atoms with Crippen LogP contribution in [0.25, 0.3) is 0 Å². The van der Waals surface area contributed by atoms with Gasteiger partial charge in [0.25, 0.3) is 0 Å². The van der Waals surface area contributed by atoms with Crippen LogP contribution >= 0.6 is 12.2 Å². The van der Waals surface area contributed by atoms with E-state index in [0.29, 0.717) is 0 Å². The molecular formula is C16H19N3OS. The van der Waals surface area contributed by atoms with Crippen LogP contribution in [0.4, 0.5) is 5.69 Å². The largest absolute Gasteiger partial charge is 0.497 e. The Morgan fingerprint density at radius 1 is 1.29 bits per heavy atom. The van der Waals surface area contributed by atoms with Crippen LogP contribution in [0.15, 0.2) is 42.6 Å². The minimum absolute atomic E-state index is 0.277. The predicted molar refractivity (Wildman–Crippen MR) is 88.8 cm³/mol. The van der Waals surface area contributed by atoms with E-state index in [2.05, 4.69) is 40.0 Å². The summed E-state index contributed by atoms with van der Waals surface area (Å²) >= 11 is 5.58. The first-order valence-corrected chi connectivity index (χ1v) is 7.46. The second-order valence-electron chi connectivity index (χ2n) is 5.16. The van der Waals surface area contributed by atoms with E-state index < -0.39 is 0 Å². The molecule has 110 valence electrons. The number of anilines is 1. The molecule has 5 heteroatoms. The van der Waals surface area contributed by atoms with Gasteiger partial charge in [-0.15, -0.1) is 0 Å². The fraction of sp³-hybridized carbons (Fsp3) is 0.312. The molecule has 0 unspecified atom stereocenters. The van der Waals surface area contributed by atoms with Crippen molar-refractivity contribution in [2.45, 2.75) is 19.5 Å². The zero-order valence-electron chi connectivity index (χ0n) is 12.2. The highest BCUT2D eigenvalue weighted by Crippen LogP contribution is 2.26. The molecule has 4 nitrogen and oxygen atoms in total. The molecule has 0 amide bonds. The van der Waals surface area contributed by atoms with Gasteiger partial charge in [-0.05, 0) is 43.4 Å². The molecule has 0 spiro atoms. The maximum Gasteiger partial charge on any atom is 0.174 e. The SMILES string of the molecule is COc1cccc(NC(=S)N2CCn3cccc3[C@@H]2C)c1. The van der Waals surface area contributed by atoms with E-state index in [0.717, 1.165) is 29.6 Å². The summed E-state index contributed by atoms with van der Waals surface area (Å²) in [5, 5.41) is 4.06. The van der Waals surface area contributed by atoms with Crippen molar-refractivity contribution in [1.29, 1.82) is 0 Å². The quantitative estimate of drug-likeness (QED) is 0.862. The standard InChI is InChI=1S/C16H19N3OS/c1-12-15-7-4-8-18(15)9-10-19(12)16(21)17-13-5-3-6-14(11-13)20-2/h3-8,11-12H,9-10H2,1-2H3,(H,17,21)/t12-/m0/s1. The zero-order chi connectivity index (χ0) is 14.8. The average Bonchev–Trinajstić information content (AvgIpc) is 2.97. The van der Waals surface area contributed by atoms with Crippen LogP contribution in [-0.4, -0.2) is 28.2 Å². The van der Waals surface area contributed by atoms with Crippen LogP contribution in [0.2, 0.25) is 0 Å². The van der Waals surface area contributed by atoms with Gasteiger partial charge >= 0.3 is 0 Å². The third kappa shape index (κ3) is 2.74. The maximum absolute atomic E-state index is 5.58. The summed E-state index contributed by atoms with van der Waals surface area (Å²) in [4.78, 5) is 2.23. The molecule has 0 saturated heterocycles. The van der Waals surface area contributed by atoms with Gasteiger partial charge in [-0.2, -0.15) is 0 Å².